The van der Waals surface area contributed by atoms with Gasteiger partial charge in [0.15, 0.2) is 6.23 Å². The number of aryl methyl sites for hydroxylation is 1. The van der Waals surface area contributed by atoms with Crippen LogP contribution in [0.3, 0.4) is 0 Å². The minimum Gasteiger partial charge on any atom is -0.371 e. The van der Waals surface area contributed by atoms with E-state index in [1.54, 1.807) is 4.90 Å². The molecule has 2 rings (SSSR count). The summed E-state index contributed by atoms with van der Waals surface area (Å²) < 4.78 is 0. The summed E-state index contributed by atoms with van der Waals surface area (Å²) in [5, 5.41) is 19.6. The molecule has 0 radical (unpaired) electrons. The van der Waals surface area contributed by atoms with E-state index in [0.717, 1.165) is 17.8 Å². The van der Waals surface area contributed by atoms with Gasteiger partial charge < -0.3 is 10.0 Å². The quantitative estimate of drug-likeness (QED) is 0.784. The van der Waals surface area contributed by atoms with Crippen molar-refractivity contribution in [2.45, 2.75) is 52.2 Å². The molecule has 1 atom stereocenters. The zero-order chi connectivity index (χ0) is 14.5. The predicted octanol–water partition coefficient (Wildman–Crippen LogP) is 2.24. The van der Waals surface area contributed by atoms with Crippen molar-refractivity contribution in [1.82, 2.24) is 15.1 Å². The van der Waals surface area contributed by atoms with Gasteiger partial charge in [0.05, 0.1) is 6.54 Å². The maximum Gasteiger partial charge on any atom is 0.328 e. The SMILES string of the molecule is CCCCCCc1nnc(N2C(=O)N(CC)CC2O)s1. The number of rotatable bonds is 7. The van der Waals surface area contributed by atoms with Gasteiger partial charge in [-0.2, -0.15) is 0 Å². The molecule has 1 N–H and O–H groups in total. The van der Waals surface area contributed by atoms with Crippen molar-refractivity contribution in [3.05, 3.63) is 5.01 Å². The van der Waals surface area contributed by atoms with E-state index in [0.29, 0.717) is 18.2 Å². The van der Waals surface area contributed by atoms with Crippen LogP contribution in [0.5, 0.6) is 0 Å². The van der Waals surface area contributed by atoms with Crippen molar-refractivity contribution >= 4 is 22.5 Å². The highest BCUT2D eigenvalue weighted by atomic mass is 32.1. The van der Waals surface area contributed by atoms with Crippen molar-refractivity contribution in [2.24, 2.45) is 0 Å². The molecule has 1 aromatic heterocycles. The number of nitrogens with zero attached hydrogens (tertiary/aromatic N) is 4. The van der Waals surface area contributed by atoms with E-state index >= 15 is 0 Å². The van der Waals surface area contributed by atoms with Crippen LogP contribution < -0.4 is 4.90 Å². The second-order valence-electron chi connectivity index (χ2n) is 4.96. The maximum atomic E-state index is 12.1. The van der Waals surface area contributed by atoms with Crippen LogP contribution in [0.25, 0.3) is 0 Å². The van der Waals surface area contributed by atoms with Crippen LogP contribution in [0.1, 0.15) is 44.5 Å². The molecule has 1 aliphatic rings. The van der Waals surface area contributed by atoms with Gasteiger partial charge in [-0.1, -0.05) is 37.5 Å². The minimum atomic E-state index is -0.816. The third kappa shape index (κ3) is 3.27. The molecule has 0 aliphatic carbocycles. The Morgan fingerprint density at radius 1 is 1.30 bits per heavy atom. The summed E-state index contributed by atoms with van der Waals surface area (Å²) in [5.74, 6) is 0. The number of hydrogen-bond donors (Lipinski definition) is 1. The molecule has 7 heteroatoms. The van der Waals surface area contributed by atoms with Crippen LogP contribution >= 0.6 is 11.3 Å². The third-order valence-electron chi connectivity index (χ3n) is 3.45. The summed E-state index contributed by atoms with van der Waals surface area (Å²) >= 11 is 1.40. The lowest BCUT2D eigenvalue weighted by molar-refractivity contribution is 0.178. The summed E-state index contributed by atoms with van der Waals surface area (Å²) in [7, 11) is 0. The number of amides is 2. The second kappa shape index (κ2) is 6.99. The molecule has 1 unspecified atom stereocenters. The molecule has 2 amide bonds. The molecule has 1 aliphatic heterocycles. The van der Waals surface area contributed by atoms with E-state index in [1.165, 1.54) is 35.5 Å². The normalized spacial score (nSPS) is 19.1. The molecule has 0 aromatic carbocycles. The van der Waals surface area contributed by atoms with E-state index in [9.17, 15) is 9.90 Å². The molecular weight excluding hydrogens is 276 g/mol. The lowest BCUT2D eigenvalue weighted by Gasteiger charge is -2.15. The third-order valence-corrected chi connectivity index (χ3v) is 4.43. The Labute approximate surface area is 123 Å². The fourth-order valence-electron chi connectivity index (χ4n) is 2.26. The average Bonchev–Trinajstić information content (AvgIpc) is 2.99. The standard InChI is InChI=1S/C13H22N4O2S/c1-3-5-6-7-8-10-14-15-12(20-10)17-11(18)9-16(4-2)13(17)19/h11,18H,3-9H2,1-2H3. The van der Waals surface area contributed by atoms with Crippen molar-refractivity contribution in [3.63, 3.8) is 0 Å². The molecule has 6 nitrogen and oxygen atoms in total. The summed E-state index contributed by atoms with van der Waals surface area (Å²) in [6.07, 6.45) is 4.82. The Morgan fingerprint density at radius 2 is 2.10 bits per heavy atom. The fraction of sp³-hybridized carbons (Fsp3) is 0.769. The molecule has 1 saturated heterocycles. The van der Waals surface area contributed by atoms with E-state index in [1.807, 2.05) is 6.92 Å². The number of aromatic nitrogens is 2. The molecule has 2 heterocycles. The highest BCUT2D eigenvalue weighted by Crippen LogP contribution is 2.27. The van der Waals surface area contributed by atoms with Crippen LogP contribution in [-0.2, 0) is 6.42 Å². The number of anilines is 1. The van der Waals surface area contributed by atoms with Crippen LogP contribution in [0, 0.1) is 0 Å². The lowest BCUT2D eigenvalue weighted by Crippen LogP contribution is -2.34. The van der Waals surface area contributed by atoms with Gasteiger partial charge in [0.2, 0.25) is 5.13 Å². The number of unbranched alkanes of at least 4 members (excludes halogenated alkanes) is 3. The van der Waals surface area contributed by atoms with Crippen molar-refractivity contribution in [3.8, 4) is 0 Å². The Kier molecular flexibility index (Phi) is 5.31. The summed E-state index contributed by atoms with van der Waals surface area (Å²) in [6, 6.07) is -0.186. The summed E-state index contributed by atoms with van der Waals surface area (Å²) in [5.41, 5.74) is 0. The molecule has 1 aromatic rings. The van der Waals surface area contributed by atoms with Crippen molar-refractivity contribution in [1.29, 1.82) is 0 Å². The molecule has 112 valence electrons. The highest BCUT2D eigenvalue weighted by Gasteiger charge is 2.38. The number of likely N-dealkylation sites (N-methyl/N-ethyl adjacent to an activating group) is 1. The number of aliphatic hydroxyl groups is 1. The van der Waals surface area contributed by atoms with Gasteiger partial charge >= 0.3 is 6.03 Å². The van der Waals surface area contributed by atoms with E-state index in [4.69, 9.17) is 0 Å². The monoisotopic (exact) mass is 298 g/mol. The Balaban J connectivity index is 1.96. The Bertz CT molecular complexity index is 451. The zero-order valence-electron chi connectivity index (χ0n) is 12.1. The van der Waals surface area contributed by atoms with Crippen LogP contribution in [-0.4, -0.2) is 45.6 Å². The maximum absolute atomic E-state index is 12.1. The van der Waals surface area contributed by atoms with Gasteiger partial charge in [-0.25, -0.2) is 9.69 Å². The summed E-state index contributed by atoms with van der Waals surface area (Å²) in [4.78, 5) is 15.0. The van der Waals surface area contributed by atoms with Gasteiger partial charge in [0.1, 0.15) is 5.01 Å². The van der Waals surface area contributed by atoms with Crippen LogP contribution in [0.15, 0.2) is 0 Å². The van der Waals surface area contributed by atoms with Crippen molar-refractivity contribution < 1.29 is 9.90 Å². The minimum absolute atomic E-state index is 0.186. The summed E-state index contributed by atoms with van der Waals surface area (Å²) in [6.45, 7) is 5.01. The first-order chi connectivity index (χ1) is 9.67. The first kappa shape index (κ1) is 15.2. The average molecular weight is 298 g/mol. The van der Waals surface area contributed by atoms with Gasteiger partial charge in [0.25, 0.3) is 0 Å². The molecule has 1 fully saturated rings. The smallest absolute Gasteiger partial charge is 0.328 e. The number of hydrogen-bond acceptors (Lipinski definition) is 5. The van der Waals surface area contributed by atoms with Gasteiger partial charge in [-0.15, -0.1) is 10.2 Å². The van der Waals surface area contributed by atoms with E-state index in [-0.39, 0.29) is 6.03 Å². The van der Waals surface area contributed by atoms with Gasteiger partial charge in [-0.3, -0.25) is 0 Å². The van der Waals surface area contributed by atoms with Crippen LogP contribution in [0.2, 0.25) is 0 Å². The first-order valence-electron chi connectivity index (χ1n) is 7.26. The molecule has 0 bridgehead atoms. The van der Waals surface area contributed by atoms with Crippen LogP contribution in [0.4, 0.5) is 9.93 Å². The molecular formula is C13H22N4O2S. The number of β-amino-alcohol motifs (C(OH)–C–C–N with tert-alkyl or cyclic N) is 1. The van der Waals surface area contributed by atoms with E-state index < -0.39 is 6.23 Å². The van der Waals surface area contributed by atoms with Gasteiger partial charge in [-0.05, 0) is 13.3 Å². The number of urea groups is 1. The lowest BCUT2D eigenvalue weighted by atomic mass is 10.2. The molecule has 20 heavy (non-hydrogen) atoms. The topological polar surface area (TPSA) is 69.6 Å². The Morgan fingerprint density at radius 3 is 2.75 bits per heavy atom. The largest absolute Gasteiger partial charge is 0.371 e. The number of carbonyl (C=O) groups is 1. The van der Waals surface area contributed by atoms with Gasteiger partial charge in [0, 0.05) is 13.0 Å². The highest BCUT2D eigenvalue weighted by molar-refractivity contribution is 7.15. The number of aliphatic hydroxyl groups excluding tert-OH is 1. The van der Waals surface area contributed by atoms with Crippen molar-refractivity contribution in [2.75, 3.05) is 18.0 Å². The predicted molar refractivity (Wildman–Crippen MR) is 78.9 cm³/mol. The molecule has 0 spiro atoms. The second-order valence-corrected chi connectivity index (χ2v) is 6.00. The molecule has 0 saturated carbocycles. The first-order valence-corrected chi connectivity index (χ1v) is 8.07. The fourth-order valence-corrected chi connectivity index (χ4v) is 3.18. The van der Waals surface area contributed by atoms with E-state index in [2.05, 4.69) is 17.1 Å². The zero-order valence-corrected chi connectivity index (χ0v) is 12.9. The number of carbonyl (C=O) groups excluding carboxylic acids is 1. The Hall–Kier alpha value is -1.21.